The molecule has 1 rings (SSSR count). The molecule has 3 heteroatoms. The molecule has 0 aliphatic heterocycles. The van der Waals surface area contributed by atoms with E-state index in [1.165, 1.54) is 0 Å². The van der Waals surface area contributed by atoms with Crippen molar-refractivity contribution in [2.24, 2.45) is 5.73 Å². The fourth-order valence-corrected chi connectivity index (χ4v) is 1.44. The lowest BCUT2D eigenvalue weighted by atomic mass is 10.0. The van der Waals surface area contributed by atoms with Crippen LogP contribution in [0, 0.1) is 0 Å². The van der Waals surface area contributed by atoms with Gasteiger partial charge >= 0.3 is 0 Å². The first-order valence-corrected chi connectivity index (χ1v) is 5.18. The maximum Gasteiger partial charge on any atom is 0.188 e. The van der Waals surface area contributed by atoms with Crippen LogP contribution in [0.5, 0.6) is 0 Å². The van der Waals surface area contributed by atoms with Gasteiger partial charge < -0.3 is 10.5 Å². The van der Waals surface area contributed by atoms with Crippen molar-refractivity contribution in [2.75, 3.05) is 19.8 Å². The highest BCUT2D eigenvalue weighted by Crippen LogP contribution is 2.10. The number of hydrogen-bond donors (Lipinski definition) is 1. The summed E-state index contributed by atoms with van der Waals surface area (Å²) in [6, 6.07) is 7.54. The lowest BCUT2D eigenvalue weighted by Crippen LogP contribution is -2.13. The Hall–Kier alpha value is -1.19. The van der Waals surface area contributed by atoms with Crippen molar-refractivity contribution in [2.45, 2.75) is 13.3 Å². The fraction of sp³-hybridized carbons (Fsp3) is 0.417. The average Bonchev–Trinajstić information content (AvgIpc) is 2.27. The molecule has 0 amide bonds. The highest BCUT2D eigenvalue weighted by molar-refractivity contribution is 5.98. The molecule has 0 unspecified atom stereocenters. The Morgan fingerprint density at radius 1 is 1.40 bits per heavy atom. The van der Waals surface area contributed by atoms with Gasteiger partial charge in [-0.3, -0.25) is 4.79 Å². The highest BCUT2D eigenvalue weighted by atomic mass is 16.5. The lowest BCUT2D eigenvalue weighted by molar-refractivity contribution is 0.0782. The van der Waals surface area contributed by atoms with Gasteiger partial charge in [0.25, 0.3) is 0 Å². The van der Waals surface area contributed by atoms with Crippen molar-refractivity contribution in [1.29, 1.82) is 0 Å². The number of rotatable bonds is 6. The van der Waals surface area contributed by atoms with Gasteiger partial charge in [0.05, 0.1) is 0 Å². The molecule has 0 aliphatic carbocycles. The van der Waals surface area contributed by atoms with Gasteiger partial charge in [-0.1, -0.05) is 24.3 Å². The minimum absolute atomic E-state index is 0.0286. The van der Waals surface area contributed by atoms with Gasteiger partial charge in [0, 0.05) is 12.2 Å². The first kappa shape index (κ1) is 11.9. The molecule has 0 saturated carbocycles. The third-order valence-corrected chi connectivity index (χ3v) is 2.17. The summed E-state index contributed by atoms with van der Waals surface area (Å²) in [7, 11) is 0. The van der Waals surface area contributed by atoms with Gasteiger partial charge in [-0.05, 0) is 25.5 Å². The number of ketones is 1. The predicted molar refractivity (Wildman–Crippen MR) is 60.0 cm³/mol. The molecule has 0 spiro atoms. The van der Waals surface area contributed by atoms with Crippen LogP contribution in [0.4, 0.5) is 0 Å². The molecule has 82 valence electrons. The zero-order chi connectivity index (χ0) is 11.1. The van der Waals surface area contributed by atoms with Crippen molar-refractivity contribution < 1.29 is 9.53 Å². The molecule has 0 fully saturated rings. The fourth-order valence-electron chi connectivity index (χ4n) is 1.44. The minimum atomic E-state index is 0.0286. The van der Waals surface area contributed by atoms with Crippen molar-refractivity contribution in [3.63, 3.8) is 0 Å². The zero-order valence-electron chi connectivity index (χ0n) is 9.03. The minimum Gasteiger partial charge on any atom is -0.374 e. The van der Waals surface area contributed by atoms with Crippen molar-refractivity contribution in [3.05, 3.63) is 35.4 Å². The van der Waals surface area contributed by atoms with Crippen molar-refractivity contribution >= 4 is 5.78 Å². The number of ether oxygens (including phenoxy) is 1. The van der Waals surface area contributed by atoms with Crippen LogP contribution in [0.1, 0.15) is 22.8 Å². The molecule has 1 aromatic carbocycles. The standard InChI is InChI=1S/C12H17NO2/c1-2-15-9-12(14)11-6-4-3-5-10(11)7-8-13/h3-6H,2,7-9,13H2,1H3. The second kappa shape index (κ2) is 6.32. The normalized spacial score (nSPS) is 10.3. The summed E-state index contributed by atoms with van der Waals surface area (Å²) in [6.07, 6.45) is 0.730. The summed E-state index contributed by atoms with van der Waals surface area (Å²) < 4.78 is 5.10. The molecule has 3 nitrogen and oxygen atoms in total. The Kier molecular flexibility index (Phi) is 5.01. The highest BCUT2D eigenvalue weighted by Gasteiger charge is 2.09. The Labute approximate surface area is 90.2 Å². The Balaban J connectivity index is 2.77. The van der Waals surface area contributed by atoms with Crippen LogP contribution in [0.25, 0.3) is 0 Å². The molecular weight excluding hydrogens is 190 g/mol. The molecule has 0 aliphatic rings. The summed E-state index contributed by atoms with van der Waals surface area (Å²) in [5, 5.41) is 0. The van der Waals surface area contributed by atoms with Crippen LogP contribution >= 0.6 is 0 Å². The molecule has 1 aromatic rings. The quantitative estimate of drug-likeness (QED) is 0.717. The summed E-state index contributed by atoms with van der Waals surface area (Å²) >= 11 is 0. The molecule has 0 bridgehead atoms. The van der Waals surface area contributed by atoms with Gasteiger partial charge in [-0.25, -0.2) is 0 Å². The smallest absolute Gasteiger partial charge is 0.188 e. The first-order valence-electron chi connectivity index (χ1n) is 5.18. The van der Waals surface area contributed by atoms with E-state index in [0.717, 1.165) is 17.5 Å². The van der Waals surface area contributed by atoms with E-state index in [0.29, 0.717) is 13.2 Å². The first-order chi connectivity index (χ1) is 7.29. The number of benzene rings is 1. The van der Waals surface area contributed by atoms with Crippen LogP contribution in [0.3, 0.4) is 0 Å². The summed E-state index contributed by atoms with van der Waals surface area (Å²) in [6.45, 7) is 3.14. The van der Waals surface area contributed by atoms with Gasteiger partial charge in [-0.2, -0.15) is 0 Å². The summed E-state index contributed by atoms with van der Waals surface area (Å²) in [5.41, 5.74) is 7.22. The molecule has 0 saturated heterocycles. The molecule has 0 atom stereocenters. The SMILES string of the molecule is CCOCC(=O)c1ccccc1CCN. The number of nitrogens with two attached hydrogens (primary N) is 1. The average molecular weight is 207 g/mol. The van der Waals surface area contributed by atoms with Crippen molar-refractivity contribution in [1.82, 2.24) is 0 Å². The van der Waals surface area contributed by atoms with E-state index in [2.05, 4.69) is 0 Å². The molecule has 0 radical (unpaired) electrons. The summed E-state index contributed by atoms with van der Waals surface area (Å²) in [4.78, 5) is 11.7. The Morgan fingerprint density at radius 2 is 2.13 bits per heavy atom. The van der Waals surface area contributed by atoms with Gasteiger partial charge in [-0.15, -0.1) is 0 Å². The molecule has 0 aromatic heterocycles. The number of Topliss-reactive ketones (excluding diaryl/α,β-unsaturated/α-hetero) is 1. The second-order valence-electron chi connectivity index (χ2n) is 3.26. The number of hydrogen-bond acceptors (Lipinski definition) is 3. The van der Waals surface area contributed by atoms with E-state index in [1.54, 1.807) is 0 Å². The van der Waals surface area contributed by atoms with Gasteiger partial charge in [0.1, 0.15) is 6.61 Å². The van der Waals surface area contributed by atoms with E-state index in [4.69, 9.17) is 10.5 Å². The van der Waals surface area contributed by atoms with E-state index < -0.39 is 0 Å². The second-order valence-corrected chi connectivity index (χ2v) is 3.26. The zero-order valence-corrected chi connectivity index (χ0v) is 9.03. The number of carbonyl (C=O) groups is 1. The maximum atomic E-state index is 11.7. The van der Waals surface area contributed by atoms with Crippen molar-refractivity contribution in [3.8, 4) is 0 Å². The van der Waals surface area contributed by atoms with E-state index in [-0.39, 0.29) is 12.4 Å². The predicted octanol–water partition coefficient (Wildman–Crippen LogP) is 1.41. The van der Waals surface area contributed by atoms with Crippen LogP contribution in [0.2, 0.25) is 0 Å². The largest absolute Gasteiger partial charge is 0.374 e. The van der Waals surface area contributed by atoms with Gasteiger partial charge in [0.15, 0.2) is 5.78 Å². The Morgan fingerprint density at radius 3 is 2.80 bits per heavy atom. The third-order valence-electron chi connectivity index (χ3n) is 2.17. The Bertz CT molecular complexity index is 323. The monoisotopic (exact) mass is 207 g/mol. The topological polar surface area (TPSA) is 52.3 Å². The molecule has 2 N–H and O–H groups in total. The van der Waals surface area contributed by atoms with Gasteiger partial charge in [0.2, 0.25) is 0 Å². The number of carbonyl (C=O) groups excluding carboxylic acids is 1. The summed E-state index contributed by atoms with van der Waals surface area (Å²) in [5.74, 6) is 0.0286. The van der Waals surface area contributed by atoms with Crippen LogP contribution in [0.15, 0.2) is 24.3 Å². The third kappa shape index (κ3) is 3.46. The van der Waals surface area contributed by atoms with Crippen LogP contribution in [-0.2, 0) is 11.2 Å². The van der Waals surface area contributed by atoms with E-state index in [1.807, 2.05) is 31.2 Å². The van der Waals surface area contributed by atoms with Crippen LogP contribution in [-0.4, -0.2) is 25.5 Å². The molecule has 15 heavy (non-hydrogen) atoms. The molecule has 0 heterocycles. The lowest BCUT2D eigenvalue weighted by Gasteiger charge is -2.07. The van der Waals surface area contributed by atoms with E-state index >= 15 is 0 Å². The maximum absolute atomic E-state index is 11.7. The molecular formula is C12H17NO2. The van der Waals surface area contributed by atoms with E-state index in [9.17, 15) is 4.79 Å². The van der Waals surface area contributed by atoms with Crippen LogP contribution < -0.4 is 5.73 Å².